The molecule has 1 aliphatic carbocycles. The summed E-state index contributed by atoms with van der Waals surface area (Å²) in [6.45, 7) is 2.75. The molecule has 1 aliphatic heterocycles. The van der Waals surface area contributed by atoms with E-state index in [0.29, 0.717) is 18.3 Å². The number of carboxylic acids is 1. The summed E-state index contributed by atoms with van der Waals surface area (Å²) >= 11 is 0. The molecule has 1 fully saturated rings. The second kappa shape index (κ2) is 12.1. The van der Waals surface area contributed by atoms with E-state index in [1.54, 1.807) is 6.20 Å². The molecule has 0 saturated heterocycles. The molecule has 1 atom stereocenters. The summed E-state index contributed by atoms with van der Waals surface area (Å²) < 4.78 is 0. The molecular weight excluding hydrogens is 464 g/mol. The number of aromatic nitrogens is 3. The fourth-order valence-electron chi connectivity index (χ4n) is 5.04. The van der Waals surface area contributed by atoms with Crippen molar-refractivity contribution in [3.8, 4) is 11.1 Å². The van der Waals surface area contributed by atoms with Crippen LogP contribution in [-0.2, 0) is 17.6 Å². The van der Waals surface area contributed by atoms with Crippen LogP contribution in [0.3, 0.4) is 0 Å². The lowest BCUT2D eigenvalue weighted by Gasteiger charge is -2.25. The zero-order chi connectivity index (χ0) is 25.5. The number of nitrogens with zero attached hydrogens (tertiary/aromatic N) is 4. The van der Waals surface area contributed by atoms with Gasteiger partial charge in [0.1, 0.15) is 24.0 Å². The molecule has 3 N–H and O–H groups in total. The lowest BCUT2D eigenvalue weighted by molar-refractivity contribution is -0.138. The highest BCUT2D eigenvalue weighted by molar-refractivity contribution is 5.81. The van der Waals surface area contributed by atoms with Crippen molar-refractivity contribution in [2.45, 2.75) is 63.5 Å². The van der Waals surface area contributed by atoms with Crippen molar-refractivity contribution < 1.29 is 9.90 Å². The molecule has 8 nitrogen and oxygen atoms in total. The largest absolute Gasteiger partial charge is 0.480 e. The van der Waals surface area contributed by atoms with Crippen molar-refractivity contribution in [2.75, 3.05) is 30.3 Å². The zero-order valence-corrected chi connectivity index (χ0v) is 21.3. The molecule has 0 radical (unpaired) electrons. The molecule has 0 spiro atoms. The van der Waals surface area contributed by atoms with Crippen LogP contribution >= 0.6 is 0 Å². The minimum absolute atomic E-state index is 0.516. The topological polar surface area (TPSA) is 103 Å². The van der Waals surface area contributed by atoms with Gasteiger partial charge in [-0.2, -0.15) is 0 Å². The maximum Gasteiger partial charge on any atom is 0.326 e. The van der Waals surface area contributed by atoms with E-state index in [4.69, 9.17) is 4.98 Å². The van der Waals surface area contributed by atoms with Crippen LogP contribution in [0.4, 0.5) is 11.6 Å². The molecule has 37 heavy (non-hydrogen) atoms. The Kier molecular flexibility index (Phi) is 8.25. The predicted molar refractivity (Wildman–Crippen MR) is 146 cm³/mol. The van der Waals surface area contributed by atoms with Gasteiger partial charge in [0, 0.05) is 36.6 Å². The number of anilines is 2. The molecule has 3 aromatic rings. The third kappa shape index (κ3) is 6.83. The highest BCUT2D eigenvalue weighted by atomic mass is 16.4. The number of carbonyl (C=O) groups is 1. The van der Waals surface area contributed by atoms with Crippen molar-refractivity contribution in [3.05, 3.63) is 66.2 Å². The fourth-order valence-corrected chi connectivity index (χ4v) is 5.04. The number of hydrogen-bond donors (Lipinski definition) is 3. The summed E-state index contributed by atoms with van der Waals surface area (Å²) in [5, 5.41) is 16.6. The first-order valence-electron chi connectivity index (χ1n) is 13.5. The SMILES string of the molecule is O=C(O)C(CCN(CCCCc1ccc2c(n1)NCCC2)C1CC1)Nc1ncncc1-c1ccccc1. The Balaban J connectivity index is 1.14. The van der Waals surface area contributed by atoms with E-state index in [0.717, 1.165) is 68.0 Å². The summed E-state index contributed by atoms with van der Waals surface area (Å²) in [7, 11) is 0. The van der Waals surface area contributed by atoms with Crippen LogP contribution in [0.15, 0.2) is 55.0 Å². The van der Waals surface area contributed by atoms with Crippen LogP contribution in [0, 0.1) is 0 Å². The summed E-state index contributed by atoms with van der Waals surface area (Å²) in [4.78, 5) is 27.9. The maximum atomic E-state index is 12.1. The van der Waals surface area contributed by atoms with Crippen LogP contribution in [0.5, 0.6) is 0 Å². The van der Waals surface area contributed by atoms with Crippen molar-refractivity contribution in [2.24, 2.45) is 0 Å². The Bertz CT molecular complexity index is 1180. The normalized spacial score (nSPS) is 15.6. The Hall–Kier alpha value is -3.52. The van der Waals surface area contributed by atoms with Gasteiger partial charge in [-0.05, 0) is 75.1 Å². The van der Waals surface area contributed by atoms with Gasteiger partial charge in [0.15, 0.2) is 0 Å². The Labute approximate surface area is 218 Å². The molecule has 3 heterocycles. The van der Waals surface area contributed by atoms with Crippen molar-refractivity contribution in [3.63, 3.8) is 0 Å². The van der Waals surface area contributed by atoms with Crippen LogP contribution in [0.25, 0.3) is 11.1 Å². The minimum atomic E-state index is -0.861. The highest BCUT2D eigenvalue weighted by Crippen LogP contribution is 2.29. The van der Waals surface area contributed by atoms with E-state index in [1.165, 1.54) is 31.2 Å². The van der Waals surface area contributed by atoms with E-state index < -0.39 is 12.0 Å². The van der Waals surface area contributed by atoms with Crippen LogP contribution in [0.2, 0.25) is 0 Å². The quantitative estimate of drug-likeness (QED) is 0.292. The summed E-state index contributed by atoms with van der Waals surface area (Å²) in [6, 6.07) is 14.1. The number of benzene rings is 1. The van der Waals surface area contributed by atoms with Gasteiger partial charge in [0.05, 0.1) is 0 Å². The van der Waals surface area contributed by atoms with Crippen molar-refractivity contribution >= 4 is 17.6 Å². The van der Waals surface area contributed by atoms with E-state index in [9.17, 15) is 9.90 Å². The minimum Gasteiger partial charge on any atom is -0.480 e. The molecule has 5 rings (SSSR count). The lowest BCUT2D eigenvalue weighted by atomic mass is 10.1. The van der Waals surface area contributed by atoms with Gasteiger partial charge in [-0.1, -0.05) is 36.4 Å². The molecule has 2 aliphatic rings. The number of aryl methyl sites for hydroxylation is 2. The molecule has 1 unspecified atom stereocenters. The average Bonchev–Trinajstić information content (AvgIpc) is 3.78. The summed E-state index contributed by atoms with van der Waals surface area (Å²) in [5.41, 5.74) is 4.24. The number of nitrogens with one attached hydrogen (secondary N) is 2. The first-order chi connectivity index (χ1) is 18.2. The van der Waals surface area contributed by atoms with Crippen LogP contribution in [-0.4, -0.2) is 62.6 Å². The van der Waals surface area contributed by atoms with Crippen LogP contribution < -0.4 is 10.6 Å². The van der Waals surface area contributed by atoms with Gasteiger partial charge in [-0.15, -0.1) is 0 Å². The number of aliphatic carboxylic acids is 1. The number of fused-ring (bicyclic) bond motifs is 1. The Morgan fingerprint density at radius 1 is 1.14 bits per heavy atom. The number of hydrogen-bond acceptors (Lipinski definition) is 7. The van der Waals surface area contributed by atoms with E-state index >= 15 is 0 Å². The summed E-state index contributed by atoms with van der Waals surface area (Å²) in [5.74, 6) is 0.758. The van der Waals surface area contributed by atoms with Crippen molar-refractivity contribution in [1.29, 1.82) is 0 Å². The van der Waals surface area contributed by atoms with Crippen LogP contribution in [0.1, 0.15) is 49.8 Å². The smallest absolute Gasteiger partial charge is 0.326 e. The number of pyridine rings is 1. The van der Waals surface area contributed by atoms with E-state index in [1.807, 2.05) is 30.3 Å². The molecule has 8 heteroatoms. The molecule has 1 saturated carbocycles. The first kappa shape index (κ1) is 25.1. The molecular formula is C29H36N6O2. The number of unbranched alkanes of at least 4 members (excludes halogenated alkanes) is 1. The zero-order valence-electron chi connectivity index (χ0n) is 21.3. The van der Waals surface area contributed by atoms with Gasteiger partial charge in [0.25, 0.3) is 0 Å². The first-order valence-corrected chi connectivity index (χ1v) is 13.5. The Morgan fingerprint density at radius 3 is 2.81 bits per heavy atom. The monoisotopic (exact) mass is 500 g/mol. The average molecular weight is 501 g/mol. The van der Waals surface area contributed by atoms with Gasteiger partial charge in [-0.25, -0.2) is 19.7 Å². The third-order valence-electron chi connectivity index (χ3n) is 7.25. The van der Waals surface area contributed by atoms with Gasteiger partial charge >= 0.3 is 5.97 Å². The second-order valence-electron chi connectivity index (χ2n) is 10.0. The Morgan fingerprint density at radius 2 is 2.00 bits per heavy atom. The standard InChI is InChI=1S/C29H36N6O2/c36-29(37)26(34-28-25(19-30-20-32-28)21-7-2-1-3-8-21)15-18-35(24-13-14-24)17-5-4-10-23-12-11-22-9-6-16-31-27(22)33-23/h1-3,7-8,11-12,19-20,24,26H,4-6,9-10,13-18H2,(H,31,33)(H,36,37)(H,30,32,34). The second-order valence-corrected chi connectivity index (χ2v) is 10.0. The highest BCUT2D eigenvalue weighted by Gasteiger charge is 2.30. The molecule has 0 amide bonds. The summed E-state index contributed by atoms with van der Waals surface area (Å²) in [6.07, 6.45) is 11.5. The van der Waals surface area contributed by atoms with E-state index in [-0.39, 0.29) is 0 Å². The van der Waals surface area contributed by atoms with Crippen molar-refractivity contribution in [1.82, 2.24) is 19.9 Å². The maximum absolute atomic E-state index is 12.1. The fraction of sp³-hybridized carbons (Fsp3) is 0.448. The lowest BCUT2D eigenvalue weighted by Crippen LogP contribution is -2.36. The van der Waals surface area contributed by atoms with E-state index in [2.05, 4.69) is 37.6 Å². The molecule has 2 aromatic heterocycles. The number of carboxylic acid groups (broad SMARTS) is 1. The van der Waals surface area contributed by atoms with Gasteiger partial charge < -0.3 is 20.6 Å². The molecule has 0 bridgehead atoms. The van der Waals surface area contributed by atoms with Gasteiger partial charge in [0.2, 0.25) is 0 Å². The number of rotatable bonds is 13. The van der Waals surface area contributed by atoms with Gasteiger partial charge in [-0.3, -0.25) is 0 Å². The molecule has 194 valence electrons. The third-order valence-corrected chi connectivity index (χ3v) is 7.25. The molecule has 1 aromatic carbocycles. The predicted octanol–water partition coefficient (Wildman–Crippen LogP) is 4.64.